The van der Waals surface area contributed by atoms with Crippen LogP contribution in [0.1, 0.15) is 19.3 Å². The molecule has 0 aromatic heterocycles. The topological polar surface area (TPSA) is 57.6 Å². The predicted molar refractivity (Wildman–Crippen MR) is 50.9 cm³/mol. The molecule has 1 rings (SSSR count). The molecule has 1 saturated heterocycles. The SMILES string of the molecule is O=C(O)C1CCCCN1C(=O)C(F)(F)Br. The van der Waals surface area contributed by atoms with Crippen molar-refractivity contribution in [2.75, 3.05) is 6.54 Å². The van der Waals surface area contributed by atoms with Crippen LogP contribution in [0, 0.1) is 0 Å². The fraction of sp³-hybridized carbons (Fsp3) is 0.750. The molecule has 1 heterocycles. The number of aliphatic carboxylic acids is 1. The monoisotopic (exact) mass is 285 g/mol. The Morgan fingerprint density at radius 3 is 2.47 bits per heavy atom. The number of carboxylic acids is 1. The first-order valence-electron chi connectivity index (χ1n) is 4.44. The second kappa shape index (κ2) is 4.42. The third kappa shape index (κ3) is 2.87. The number of carboxylic acid groups (broad SMARTS) is 1. The van der Waals surface area contributed by atoms with Gasteiger partial charge in [-0.15, -0.1) is 0 Å². The lowest BCUT2D eigenvalue weighted by Crippen LogP contribution is -2.52. The zero-order valence-corrected chi connectivity index (χ0v) is 9.34. The van der Waals surface area contributed by atoms with E-state index in [-0.39, 0.29) is 13.0 Å². The lowest BCUT2D eigenvalue weighted by molar-refractivity contribution is -0.159. The van der Waals surface area contributed by atoms with E-state index in [1.54, 1.807) is 0 Å². The zero-order chi connectivity index (χ0) is 11.6. The van der Waals surface area contributed by atoms with E-state index >= 15 is 0 Å². The van der Waals surface area contributed by atoms with E-state index in [0.717, 1.165) is 4.90 Å². The maximum Gasteiger partial charge on any atom is 0.378 e. The summed E-state index contributed by atoms with van der Waals surface area (Å²) in [6.45, 7) is 0.0665. The van der Waals surface area contributed by atoms with E-state index < -0.39 is 22.8 Å². The van der Waals surface area contributed by atoms with Crippen molar-refractivity contribution < 1.29 is 23.5 Å². The summed E-state index contributed by atoms with van der Waals surface area (Å²) < 4.78 is 25.3. The highest BCUT2D eigenvalue weighted by Gasteiger charge is 2.44. The van der Waals surface area contributed by atoms with Gasteiger partial charge >= 0.3 is 16.7 Å². The first kappa shape index (κ1) is 12.4. The third-order valence-corrected chi connectivity index (χ3v) is 2.63. The number of carbonyl (C=O) groups is 2. The molecule has 1 aliphatic heterocycles. The smallest absolute Gasteiger partial charge is 0.378 e. The van der Waals surface area contributed by atoms with Crippen molar-refractivity contribution in [3.63, 3.8) is 0 Å². The number of hydrogen-bond donors (Lipinski definition) is 1. The molecular formula is C8H10BrF2NO3. The lowest BCUT2D eigenvalue weighted by Gasteiger charge is -2.33. The third-order valence-electron chi connectivity index (χ3n) is 2.29. The van der Waals surface area contributed by atoms with E-state index in [0.29, 0.717) is 12.8 Å². The number of rotatable bonds is 2. The molecule has 7 heteroatoms. The summed E-state index contributed by atoms with van der Waals surface area (Å²) in [5.74, 6) is -2.71. The summed E-state index contributed by atoms with van der Waals surface area (Å²) in [6, 6.07) is -1.13. The quantitative estimate of drug-likeness (QED) is 0.781. The van der Waals surface area contributed by atoms with E-state index in [9.17, 15) is 18.4 Å². The molecule has 1 aliphatic rings. The molecule has 1 unspecified atom stereocenters. The molecule has 0 aromatic carbocycles. The Bertz CT molecular complexity index is 280. The number of halogens is 3. The molecule has 0 saturated carbocycles. The minimum atomic E-state index is -3.68. The van der Waals surface area contributed by atoms with Gasteiger partial charge in [-0.2, -0.15) is 8.78 Å². The summed E-state index contributed by atoms with van der Waals surface area (Å²) >= 11 is 1.94. The van der Waals surface area contributed by atoms with Crippen LogP contribution in [0.5, 0.6) is 0 Å². The molecule has 0 bridgehead atoms. The van der Waals surface area contributed by atoms with Gasteiger partial charge < -0.3 is 10.0 Å². The van der Waals surface area contributed by atoms with Crippen molar-refractivity contribution in [2.24, 2.45) is 0 Å². The summed E-state index contributed by atoms with van der Waals surface area (Å²) in [7, 11) is 0. The van der Waals surface area contributed by atoms with Gasteiger partial charge in [0.1, 0.15) is 6.04 Å². The van der Waals surface area contributed by atoms with Gasteiger partial charge in [0.05, 0.1) is 0 Å². The van der Waals surface area contributed by atoms with Crippen molar-refractivity contribution in [1.29, 1.82) is 0 Å². The minimum Gasteiger partial charge on any atom is -0.480 e. The molecule has 15 heavy (non-hydrogen) atoms. The number of amides is 1. The number of carbonyl (C=O) groups excluding carboxylic acids is 1. The highest BCUT2D eigenvalue weighted by molar-refractivity contribution is 9.10. The number of likely N-dealkylation sites (tertiary alicyclic amines) is 1. The fourth-order valence-corrected chi connectivity index (χ4v) is 1.82. The Morgan fingerprint density at radius 2 is 2.00 bits per heavy atom. The maximum atomic E-state index is 12.7. The Kier molecular flexibility index (Phi) is 3.64. The number of alkyl halides is 3. The summed E-state index contributed by atoms with van der Waals surface area (Å²) in [5, 5.41) is 8.77. The second-order valence-corrected chi connectivity index (χ2v) is 4.34. The van der Waals surface area contributed by atoms with Crippen LogP contribution in [0.25, 0.3) is 0 Å². The highest BCUT2D eigenvalue weighted by Crippen LogP contribution is 2.28. The predicted octanol–water partition coefficient (Wildman–Crippen LogP) is 1.44. The number of hydrogen-bond acceptors (Lipinski definition) is 2. The second-order valence-electron chi connectivity index (χ2n) is 3.35. The maximum absolute atomic E-state index is 12.7. The van der Waals surface area contributed by atoms with Gasteiger partial charge in [0.25, 0.3) is 0 Å². The van der Waals surface area contributed by atoms with Crippen molar-refractivity contribution in [3.05, 3.63) is 0 Å². The van der Waals surface area contributed by atoms with Gasteiger partial charge in [0, 0.05) is 22.5 Å². The van der Waals surface area contributed by atoms with Gasteiger partial charge in [-0.25, -0.2) is 4.79 Å². The summed E-state index contributed by atoms with van der Waals surface area (Å²) in [4.78, 5) is 19.0. The first-order chi connectivity index (χ1) is 6.84. The van der Waals surface area contributed by atoms with Crippen LogP contribution >= 0.6 is 15.9 Å². The fourth-order valence-electron chi connectivity index (χ4n) is 1.59. The van der Waals surface area contributed by atoms with Gasteiger partial charge in [0.15, 0.2) is 0 Å². The van der Waals surface area contributed by atoms with Crippen LogP contribution in [0.2, 0.25) is 0 Å². The van der Waals surface area contributed by atoms with Crippen LogP contribution in [0.15, 0.2) is 0 Å². The van der Waals surface area contributed by atoms with Gasteiger partial charge in [-0.3, -0.25) is 4.79 Å². The van der Waals surface area contributed by atoms with Crippen LogP contribution in [-0.2, 0) is 9.59 Å². The van der Waals surface area contributed by atoms with E-state index in [4.69, 9.17) is 5.11 Å². The Hall–Kier alpha value is -0.720. The molecule has 0 radical (unpaired) electrons. The Morgan fingerprint density at radius 1 is 1.40 bits per heavy atom. The van der Waals surface area contributed by atoms with Crippen molar-refractivity contribution in [1.82, 2.24) is 4.90 Å². The van der Waals surface area contributed by atoms with E-state index in [1.165, 1.54) is 0 Å². The molecule has 1 atom stereocenters. The van der Waals surface area contributed by atoms with Gasteiger partial charge in [-0.1, -0.05) is 0 Å². The zero-order valence-electron chi connectivity index (χ0n) is 7.75. The Balaban J connectivity index is 2.81. The molecule has 1 fully saturated rings. The molecule has 86 valence electrons. The Labute approximate surface area is 93.4 Å². The lowest BCUT2D eigenvalue weighted by atomic mass is 10.0. The van der Waals surface area contributed by atoms with Crippen molar-refractivity contribution >= 4 is 27.8 Å². The first-order valence-corrected chi connectivity index (χ1v) is 5.24. The average Bonchev–Trinajstić information content (AvgIpc) is 2.15. The van der Waals surface area contributed by atoms with Gasteiger partial charge in [-0.05, 0) is 19.3 Å². The molecule has 1 amide bonds. The molecule has 4 nitrogen and oxygen atoms in total. The molecule has 1 N–H and O–H groups in total. The van der Waals surface area contributed by atoms with Crippen LogP contribution < -0.4 is 0 Å². The summed E-state index contributed by atoms with van der Waals surface area (Å²) in [6.07, 6.45) is 1.41. The number of piperidine rings is 1. The van der Waals surface area contributed by atoms with Crippen LogP contribution in [0.3, 0.4) is 0 Å². The van der Waals surface area contributed by atoms with Crippen molar-refractivity contribution in [3.8, 4) is 0 Å². The minimum absolute atomic E-state index is 0.0665. The normalized spacial score (nSPS) is 22.6. The van der Waals surface area contributed by atoms with E-state index in [1.807, 2.05) is 15.9 Å². The summed E-state index contributed by atoms with van der Waals surface area (Å²) in [5.41, 5.74) is 0. The molecule has 0 aliphatic carbocycles. The van der Waals surface area contributed by atoms with E-state index in [2.05, 4.69) is 0 Å². The number of nitrogens with zero attached hydrogens (tertiary/aromatic N) is 1. The van der Waals surface area contributed by atoms with Crippen LogP contribution in [-0.4, -0.2) is 39.3 Å². The highest BCUT2D eigenvalue weighted by atomic mass is 79.9. The van der Waals surface area contributed by atoms with Crippen molar-refractivity contribution in [2.45, 2.75) is 30.1 Å². The average molecular weight is 286 g/mol. The molecule has 0 spiro atoms. The molecule has 0 aromatic rings. The molecular weight excluding hydrogens is 276 g/mol. The van der Waals surface area contributed by atoms with Crippen LogP contribution in [0.4, 0.5) is 8.78 Å². The largest absolute Gasteiger partial charge is 0.480 e. The van der Waals surface area contributed by atoms with Gasteiger partial charge in [0.2, 0.25) is 0 Å². The standard InChI is InChI=1S/C8H10BrF2NO3/c9-8(10,11)7(15)12-4-2-1-3-5(12)6(13)14/h5H,1-4H2,(H,13,14).